The minimum absolute atomic E-state index is 0.191. The first-order valence-electron chi connectivity index (χ1n) is 9.06. The molecule has 0 spiro atoms. The van der Waals surface area contributed by atoms with Crippen LogP contribution < -0.4 is 5.32 Å². The molecule has 0 bridgehead atoms. The summed E-state index contributed by atoms with van der Waals surface area (Å²) in [6, 6.07) is 12.1. The third-order valence-electron chi connectivity index (χ3n) is 4.22. The number of benzene rings is 1. The Hall–Kier alpha value is -2.40. The fourth-order valence-electron chi connectivity index (χ4n) is 3.17. The molecule has 1 amide bonds. The van der Waals surface area contributed by atoms with Gasteiger partial charge in [-0.15, -0.1) is 0 Å². The molecule has 0 saturated heterocycles. The predicted molar refractivity (Wildman–Crippen MR) is 101 cm³/mol. The Balaban J connectivity index is 1.82. The van der Waals surface area contributed by atoms with E-state index in [1.807, 2.05) is 51.2 Å². The number of carbonyl (C=O) groups excluding carboxylic acids is 1. The highest BCUT2D eigenvalue weighted by Gasteiger charge is 2.24. The Bertz CT molecular complexity index is 754. The summed E-state index contributed by atoms with van der Waals surface area (Å²) >= 11 is 0. The van der Waals surface area contributed by atoms with Crippen LogP contribution in [0.5, 0.6) is 0 Å². The van der Waals surface area contributed by atoms with Gasteiger partial charge >= 0.3 is 6.09 Å². The molecule has 1 aromatic heterocycles. The summed E-state index contributed by atoms with van der Waals surface area (Å²) in [5, 5.41) is 2.84. The molecule has 1 aromatic carbocycles. The fraction of sp³-hybridized carbons (Fsp3) is 0.429. The van der Waals surface area contributed by atoms with Gasteiger partial charge in [-0.1, -0.05) is 24.3 Å². The maximum Gasteiger partial charge on any atom is 0.407 e. The van der Waals surface area contributed by atoms with Crippen molar-refractivity contribution >= 4 is 6.09 Å². The third kappa shape index (κ3) is 4.61. The van der Waals surface area contributed by atoms with Crippen LogP contribution in [0.2, 0.25) is 0 Å². The summed E-state index contributed by atoms with van der Waals surface area (Å²) in [5.74, 6) is 0. The average molecular weight is 354 g/mol. The van der Waals surface area contributed by atoms with E-state index in [9.17, 15) is 4.79 Å². The van der Waals surface area contributed by atoms with Crippen molar-refractivity contribution < 1.29 is 14.3 Å². The molecule has 5 heteroatoms. The second kappa shape index (κ2) is 7.87. The van der Waals surface area contributed by atoms with Crippen molar-refractivity contribution in [2.45, 2.75) is 45.3 Å². The standard InChI is InChI=1S/C21H26N2O3/c1-21(2,3)26-20(24)23-14-19-17-9-6-8-16(15(17)10-7-13-25-19)18-11-4-5-12-22-18/h4-6,8-9,11-12,19H,7,10,13-14H2,1-3H3,(H,23,24)/t19-/m1/s1. The van der Waals surface area contributed by atoms with Gasteiger partial charge in [-0.25, -0.2) is 4.79 Å². The number of nitrogens with one attached hydrogen (secondary N) is 1. The van der Waals surface area contributed by atoms with E-state index in [0.29, 0.717) is 13.2 Å². The van der Waals surface area contributed by atoms with E-state index in [4.69, 9.17) is 9.47 Å². The van der Waals surface area contributed by atoms with Gasteiger partial charge in [-0.05, 0) is 56.9 Å². The van der Waals surface area contributed by atoms with Gasteiger partial charge in [0, 0.05) is 18.4 Å². The van der Waals surface area contributed by atoms with Crippen molar-refractivity contribution in [1.29, 1.82) is 0 Å². The monoisotopic (exact) mass is 354 g/mol. The number of fused-ring (bicyclic) bond motifs is 1. The van der Waals surface area contributed by atoms with Gasteiger partial charge in [0.25, 0.3) is 0 Å². The Morgan fingerprint density at radius 1 is 1.27 bits per heavy atom. The third-order valence-corrected chi connectivity index (χ3v) is 4.22. The average Bonchev–Trinajstić information content (AvgIpc) is 2.81. The Kier molecular flexibility index (Phi) is 5.57. The molecule has 1 aliphatic rings. The summed E-state index contributed by atoms with van der Waals surface area (Å²) in [7, 11) is 0. The fourth-order valence-corrected chi connectivity index (χ4v) is 3.17. The van der Waals surface area contributed by atoms with Crippen LogP contribution in [0.1, 0.15) is 44.4 Å². The number of amides is 1. The van der Waals surface area contributed by atoms with Gasteiger partial charge in [-0.2, -0.15) is 0 Å². The minimum atomic E-state index is -0.515. The highest BCUT2D eigenvalue weighted by Crippen LogP contribution is 2.33. The molecule has 0 saturated carbocycles. The van der Waals surface area contributed by atoms with Crippen molar-refractivity contribution in [1.82, 2.24) is 10.3 Å². The molecular weight excluding hydrogens is 328 g/mol. The molecule has 0 fully saturated rings. The van der Waals surface area contributed by atoms with Crippen LogP contribution in [0.3, 0.4) is 0 Å². The first-order valence-corrected chi connectivity index (χ1v) is 9.06. The zero-order chi connectivity index (χ0) is 18.6. The summed E-state index contributed by atoms with van der Waals surface area (Å²) in [4.78, 5) is 16.5. The lowest BCUT2D eigenvalue weighted by Crippen LogP contribution is -2.35. The lowest BCUT2D eigenvalue weighted by atomic mass is 9.92. The molecule has 1 aliphatic heterocycles. The molecule has 5 nitrogen and oxygen atoms in total. The number of aromatic nitrogens is 1. The molecular formula is C21H26N2O3. The molecule has 2 heterocycles. The number of nitrogens with zero attached hydrogens (tertiary/aromatic N) is 1. The number of hydrogen-bond acceptors (Lipinski definition) is 4. The van der Waals surface area contributed by atoms with E-state index in [-0.39, 0.29) is 6.10 Å². The van der Waals surface area contributed by atoms with Crippen molar-refractivity contribution in [3.63, 3.8) is 0 Å². The lowest BCUT2D eigenvalue weighted by molar-refractivity contribution is 0.0359. The Morgan fingerprint density at radius 2 is 2.12 bits per heavy atom. The molecule has 1 atom stereocenters. The maximum atomic E-state index is 12.0. The number of hydrogen-bond donors (Lipinski definition) is 1. The number of carbonyl (C=O) groups is 1. The van der Waals surface area contributed by atoms with E-state index in [1.54, 1.807) is 0 Å². The molecule has 1 N–H and O–H groups in total. The zero-order valence-electron chi connectivity index (χ0n) is 15.6. The molecule has 26 heavy (non-hydrogen) atoms. The quantitative estimate of drug-likeness (QED) is 0.894. The Morgan fingerprint density at radius 3 is 2.85 bits per heavy atom. The molecule has 0 radical (unpaired) electrons. The van der Waals surface area contributed by atoms with Crippen LogP contribution in [0.4, 0.5) is 4.79 Å². The zero-order valence-corrected chi connectivity index (χ0v) is 15.6. The van der Waals surface area contributed by atoms with Crippen LogP contribution in [0.25, 0.3) is 11.3 Å². The number of pyridine rings is 1. The molecule has 3 rings (SSSR count). The smallest absolute Gasteiger partial charge is 0.407 e. The predicted octanol–water partition coefficient (Wildman–Crippen LogP) is 4.28. The van der Waals surface area contributed by atoms with Crippen LogP contribution in [-0.2, 0) is 15.9 Å². The SMILES string of the molecule is CC(C)(C)OC(=O)NC[C@H]1OCCCc2c(-c3ccccn3)cccc21. The summed E-state index contributed by atoms with van der Waals surface area (Å²) in [6.07, 6.45) is 3.07. The molecule has 138 valence electrons. The number of alkyl carbamates (subject to hydrolysis) is 1. The van der Waals surface area contributed by atoms with E-state index < -0.39 is 11.7 Å². The van der Waals surface area contributed by atoms with E-state index >= 15 is 0 Å². The van der Waals surface area contributed by atoms with Crippen LogP contribution >= 0.6 is 0 Å². The van der Waals surface area contributed by atoms with Gasteiger partial charge in [0.05, 0.1) is 12.2 Å². The molecule has 2 aromatic rings. The summed E-state index contributed by atoms with van der Waals surface area (Å²) in [5.41, 5.74) is 3.95. The van der Waals surface area contributed by atoms with Crippen molar-refractivity contribution in [2.75, 3.05) is 13.2 Å². The number of ether oxygens (including phenoxy) is 2. The van der Waals surface area contributed by atoms with Crippen LogP contribution in [-0.4, -0.2) is 29.8 Å². The highest BCUT2D eigenvalue weighted by atomic mass is 16.6. The Labute approximate surface area is 154 Å². The van der Waals surface area contributed by atoms with E-state index in [0.717, 1.165) is 29.7 Å². The number of rotatable bonds is 3. The van der Waals surface area contributed by atoms with Gasteiger partial charge < -0.3 is 14.8 Å². The van der Waals surface area contributed by atoms with Gasteiger partial charge in [-0.3, -0.25) is 4.98 Å². The van der Waals surface area contributed by atoms with Crippen LogP contribution in [0.15, 0.2) is 42.6 Å². The largest absolute Gasteiger partial charge is 0.444 e. The van der Waals surface area contributed by atoms with Crippen molar-refractivity contribution in [3.8, 4) is 11.3 Å². The normalized spacial score (nSPS) is 17.1. The van der Waals surface area contributed by atoms with Gasteiger partial charge in [0.15, 0.2) is 0 Å². The van der Waals surface area contributed by atoms with Gasteiger partial charge in [0.2, 0.25) is 0 Å². The van der Waals surface area contributed by atoms with E-state index in [2.05, 4.69) is 22.4 Å². The highest BCUT2D eigenvalue weighted by molar-refractivity contribution is 5.68. The van der Waals surface area contributed by atoms with Crippen molar-refractivity contribution in [2.24, 2.45) is 0 Å². The maximum absolute atomic E-state index is 12.0. The van der Waals surface area contributed by atoms with E-state index in [1.165, 1.54) is 5.56 Å². The summed E-state index contributed by atoms with van der Waals surface area (Å²) in [6.45, 7) is 6.60. The first kappa shape index (κ1) is 18.4. The van der Waals surface area contributed by atoms with Crippen molar-refractivity contribution in [3.05, 3.63) is 53.7 Å². The summed E-state index contributed by atoms with van der Waals surface area (Å²) < 4.78 is 11.3. The topological polar surface area (TPSA) is 60.5 Å². The first-order chi connectivity index (χ1) is 12.4. The molecule has 0 aliphatic carbocycles. The second-order valence-corrected chi connectivity index (χ2v) is 7.43. The lowest BCUT2D eigenvalue weighted by Gasteiger charge is -2.23. The second-order valence-electron chi connectivity index (χ2n) is 7.43. The molecule has 0 unspecified atom stereocenters. The minimum Gasteiger partial charge on any atom is -0.444 e. The van der Waals surface area contributed by atoms with Gasteiger partial charge in [0.1, 0.15) is 11.7 Å². The van der Waals surface area contributed by atoms with Crippen LogP contribution in [0, 0.1) is 0 Å².